The van der Waals surface area contributed by atoms with Crippen molar-refractivity contribution < 1.29 is 10.2 Å². The highest BCUT2D eigenvalue weighted by atomic mass is 16.3. The SMILES string of the molecule is CCc1cc(-c2cc(C)cc(C(C)(C)C)c2O)c(O)c(C(C)(C)C)c1. The van der Waals surface area contributed by atoms with Crippen molar-refractivity contribution in [3.05, 3.63) is 46.5 Å². The molecule has 0 spiro atoms. The molecule has 0 atom stereocenters. The number of aromatic hydroxyl groups is 2. The minimum absolute atomic E-state index is 0.170. The Bertz CT molecular complexity index is 787. The van der Waals surface area contributed by atoms with Gasteiger partial charge in [-0.05, 0) is 47.4 Å². The quantitative estimate of drug-likeness (QED) is 0.680. The number of benzene rings is 2. The van der Waals surface area contributed by atoms with Gasteiger partial charge in [0.25, 0.3) is 0 Å². The second kappa shape index (κ2) is 6.40. The molecule has 2 aromatic carbocycles. The molecule has 0 radical (unpaired) electrons. The van der Waals surface area contributed by atoms with Crippen molar-refractivity contribution in [2.45, 2.75) is 72.6 Å². The number of aryl methyl sites for hydroxylation is 2. The lowest BCUT2D eigenvalue weighted by atomic mass is 9.80. The molecule has 0 aliphatic heterocycles. The minimum Gasteiger partial charge on any atom is -0.507 e. The average molecular weight is 341 g/mol. The Labute approximate surface area is 152 Å². The summed E-state index contributed by atoms with van der Waals surface area (Å²) in [4.78, 5) is 0. The first kappa shape index (κ1) is 19.4. The zero-order valence-electron chi connectivity index (χ0n) is 16.9. The monoisotopic (exact) mass is 340 g/mol. The largest absolute Gasteiger partial charge is 0.507 e. The summed E-state index contributed by atoms with van der Waals surface area (Å²) in [6, 6.07) is 8.08. The van der Waals surface area contributed by atoms with E-state index in [1.54, 1.807) is 0 Å². The van der Waals surface area contributed by atoms with E-state index in [1.165, 1.54) is 0 Å². The van der Waals surface area contributed by atoms with Gasteiger partial charge < -0.3 is 10.2 Å². The Morgan fingerprint density at radius 3 is 1.60 bits per heavy atom. The second-order valence-electron chi connectivity index (χ2n) is 9.10. The molecule has 0 fully saturated rings. The molecule has 0 aliphatic carbocycles. The molecule has 2 N–H and O–H groups in total. The summed E-state index contributed by atoms with van der Waals surface area (Å²) in [7, 11) is 0. The molecule has 2 heteroatoms. The maximum atomic E-state index is 11.0. The highest BCUT2D eigenvalue weighted by Crippen LogP contribution is 2.45. The van der Waals surface area contributed by atoms with E-state index in [2.05, 4.69) is 54.5 Å². The molecule has 0 saturated carbocycles. The first-order valence-electron chi connectivity index (χ1n) is 9.07. The molecule has 0 amide bonds. The van der Waals surface area contributed by atoms with Crippen LogP contribution in [0.25, 0.3) is 11.1 Å². The fourth-order valence-corrected chi connectivity index (χ4v) is 3.23. The van der Waals surface area contributed by atoms with Gasteiger partial charge >= 0.3 is 0 Å². The molecular formula is C23H32O2. The summed E-state index contributed by atoms with van der Waals surface area (Å²) in [5.41, 5.74) is 5.15. The summed E-state index contributed by atoms with van der Waals surface area (Å²) in [6.45, 7) is 16.7. The lowest BCUT2D eigenvalue weighted by Gasteiger charge is -2.26. The van der Waals surface area contributed by atoms with E-state index in [4.69, 9.17) is 0 Å². The third-order valence-electron chi connectivity index (χ3n) is 4.74. The van der Waals surface area contributed by atoms with Crippen molar-refractivity contribution in [2.24, 2.45) is 0 Å². The Kier molecular flexibility index (Phi) is 4.96. The fraction of sp³-hybridized carbons (Fsp3) is 0.478. The molecule has 0 aliphatic rings. The Hall–Kier alpha value is -1.96. The molecule has 2 aromatic rings. The van der Waals surface area contributed by atoms with Crippen LogP contribution >= 0.6 is 0 Å². The third-order valence-corrected chi connectivity index (χ3v) is 4.74. The van der Waals surface area contributed by atoms with Crippen LogP contribution in [-0.4, -0.2) is 10.2 Å². The lowest BCUT2D eigenvalue weighted by Crippen LogP contribution is -2.13. The van der Waals surface area contributed by atoms with Gasteiger partial charge in [-0.2, -0.15) is 0 Å². The van der Waals surface area contributed by atoms with Crippen molar-refractivity contribution >= 4 is 0 Å². The lowest BCUT2D eigenvalue weighted by molar-refractivity contribution is 0.440. The average Bonchev–Trinajstić information content (AvgIpc) is 2.47. The molecule has 0 heterocycles. The van der Waals surface area contributed by atoms with Gasteiger partial charge in [-0.25, -0.2) is 0 Å². The third kappa shape index (κ3) is 3.84. The van der Waals surface area contributed by atoms with Crippen molar-refractivity contribution in [1.29, 1.82) is 0 Å². The zero-order chi connectivity index (χ0) is 19.2. The Morgan fingerprint density at radius 1 is 0.720 bits per heavy atom. The minimum atomic E-state index is -0.171. The normalized spacial score (nSPS) is 12.5. The molecule has 2 rings (SSSR count). The van der Waals surface area contributed by atoms with Crippen LogP contribution in [-0.2, 0) is 17.3 Å². The molecule has 136 valence electrons. The zero-order valence-corrected chi connectivity index (χ0v) is 16.9. The summed E-state index contributed by atoms with van der Waals surface area (Å²) < 4.78 is 0. The van der Waals surface area contributed by atoms with Gasteiger partial charge in [-0.1, -0.05) is 60.6 Å². The van der Waals surface area contributed by atoms with E-state index in [-0.39, 0.29) is 22.3 Å². The molecule has 2 nitrogen and oxygen atoms in total. The molecule has 0 unspecified atom stereocenters. The summed E-state index contributed by atoms with van der Waals surface area (Å²) in [5, 5.41) is 22.0. The number of hydrogen-bond acceptors (Lipinski definition) is 2. The fourth-order valence-electron chi connectivity index (χ4n) is 3.23. The second-order valence-corrected chi connectivity index (χ2v) is 9.10. The van der Waals surface area contributed by atoms with E-state index < -0.39 is 0 Å². The highest BCUT2D eigenvalue weighted by molar-refractivity contribution is 5.80. The number of phenols is 2. The van der Waals surface area contributed by atoms with Crippen LogP contribution in [0.2, 0.25) is 0 Å². The maximum Gasteiger partial charge on any atom is 0.127 e. The van der Waals surface area contributed by atoms with Crippen LogP contribution in [0.4, 0.5) is 0 Å². The van der Waals surface area contributed by atoms with Crippen molar-refractivity contribution in [3.63, 3.8) is 0 Å². The van der Waals surface area contributed by atoms with Gasteiger partial charge in [-0.3, -0.25) is 0 Å². The van der Waals surface area contributed by atoms with Crippen LogP contribution in [0.15, 0.2) is 24.3 Å². The van der Waals surface area contributed by atoms with E-state index in [1.807, 2.05) is 25.1 Å². The van der Waals surface area contributed by atoms with Crippen LogP contribution < -0.4 is 0 Å². The summed E-state index contributed by atoms with van der Waals surface area (Å²) in [6.07, 6.45) is 0.884. The first-order chi connectivity index (χ1) is 11.4. The van der Waals surface area contributed by atoms with Gasteiger partial charge in [0.05, 0.1) is 0 Å². The topological polar surface area (TPSA) is 40.5 Å². The Balaban J connectivity index is 2.85. The van der Waals surface area contributed by atoms with Gasteiger partial charge in [0.15, 0.2) is 0 Å². The summed E-state index contributed by atoms with van der Waals surface area (Å²) in [5.74, 6) is 0.534. The van der Waals surface area contributed by atoms with Gasteiger partial charge in [0.2, 0.25) is 0 Å². The number of hydrogen-bond donors (Lipinski definition) is 2. The van der Waals surface area contributed by atoms with E-state index in [9.17, 15) is 10.2 Å². The van der Waals surface area contributed by atoms with Gasteiger partial charge in [-0.15, -0.1) is 0 Å². The Morgan fingerprint density at radius 2 is 1.16 bits per heavy atom. The predicted octanol–water partition coefficient (Wildman–Crippen LogP) is 6.23. The maximum absolute atomic E-state index is 11.0. The number of rotatable bonds is 2. The van der Waals surface area contributed by atoms with E-state index in [0.717, 1.165) is 34.2 Å². The number of phenolic OH excluding ortho intramolecular Hbond substituents is 2. The van der Waals surface area contributed by atoms with Gasteiger partial charge in [0, 0.05) is 22.3 Å². The summed E-state index contributed by atoms with van der Waals surface area (Å²) >= 11 is 0. The molecule has 0 aromatic heterocycles. The molecule has 25 heavy (non-hydrogen) atoms. The van der Waals surface area contributed by atoms with Crippen LogP contribution in [0.5, 0.6) is 11.5 Å². The van der Waals surface area contributed by atoms with E-state index in [0.29, 0.717) is 5.56 Å². The van der Waals surface area contributed by atoms with Crippen LogP contribution in [0.1, 0.15) is 70.7 Å². The standard InChI is InChI=1S/C23H32O2/c1-9-15-12-17(21(25)19(13-15)23(6,7)8)16-10-14(2)11-18(20(16)24)22(3,4)5/h10-13,24-25H,9H2,1-8H3. The van der Waals surface area contributed by atoms with Crippen molar-refractivity contribution in [2.75, 3.05) is 0 Å². The van der Waals surface area contributed by atoms with Crippen LogP contribution in [0.3, 0.4) is 0 Å². The molecule has 0 bridgehead atoms. The van der Waals surface area contributed by atoms with Crippen molar-refractivity contribution in [3.8, 4) is 22.6 Å². The van der Waals surface area contributed by atoms with Crippen molar-refractivity contribution in [1.82, 2.24) is 0 Å². The van der Waals surface area contributed by atoms with Gasteiger partial charge in [0.1, 0.15) is 11.5 Å². The smallest absolute Gasteiger partial charge is 0.127 e. The van der Waals surface area contributed by atoms with Crippen LogP contribution in [0, 0.1) is 6.92 Å². The predicted molar refractivity (Wildman–Crippen MR) is 107 cm³/mol. The highest BCUT2D eigenvalue weighted by Gasteiger charge is 2.26. The van der Waals surface area contributed by atoms with E-state index >= 15 is 0 Å². The first-order valence-corrected chi connectivity index (χ1v) is 9.07. The molecular weight excluding hydrogens is 308 g/mol. The molecule has 0 saturated heterocycles.